The third kappa shape index (κ3) is 3.51. The molecule has 110 valence electrons. The number of ether oxygens (including phenoxy) is 2. The molecule has 4 nitrogen and oxygen atoms in total. The van der Waals surface area contributed by atoms with Gasteiger partial charge in [0, 0.05) is 19.1 Å². The quantitative estimate of drug-likeness (QED) is 0.793. The van der Waals surface area contributed by atoms with Crippen molar-refractivity contribution in [3.8, 4) is 5.75 Å². The average Bonchev–Trinajstić information content (AvgIpc) is 2.47. The van der Waals surface area contributed by atoms with Crippen LogP contribution in [0.25, 0.3) is 0 Å². The highest BCUT2D eigenvalue weighted by Gasteiger charge is 2.23. The molecule has 1 aromatic rings. The number of likely N-dealkylation sites (tertiary alicyclic amines) is 1. The summed E-state index contributed by atoms with van der Waals surface area (Å²) in [6, 6.07) is 7.86. The second-order valence-electron chi connectivity index (χ2n) is 5.43. The summed E-state index contributed by atoms with van der Waals surface area (Å²) in [4.78, 5) is 14.2. The smallest absolute Gasteiger partial charge is 0.341 e. The van der Waals surface area contributed by atoms with E-state index in [9.17, 15) is 4.79 Å². The number of para-hydroxylation sites is 1. The molecule has 0 N–H and O–H groups in total. The Hall–Kier alpha value is -1.55. The summed E-state index contributed by atoms with van der Waals surface area (Å²) in [6.45, 7) is 6.52. The molecule has 1 aliphatic heterocycles. The summed E-state index contributed by atoms with van der Waals surface area (Å²) in [5.41, 5.74) is 0.501. The van der Waals surface area contributed by atoms with Gasteiger partial charge in [0.25, 0.3) is 0 Å². The number of rotatable bonds is 4. The van der Waals surface area contributed by atoms with Crippen LogP contribution in [0.15, 0.2) is 24.3 Å². The number of piperidine rings is 1. The summed E-state index contributed by atoms with van der Waals surface area (Å²) in [7, 11) is 1.39. The normalized spacial score (nSPS) is 17.2. The lowest BCUT2D eigenvalue weighted by molar-refractivity contribution is 0.0579. The minimum Gasteiger partial charge on any atom is -0.489 e. The number of methoxy groups -OCH3 is 1. The van der Waals surface area contributed by atoms with E-state index in [0.717, 1.165) is 25.9 Å². The average molecular weight is 277 g/mol. The predicted octanol–water partition coefficient (Wildman–Crippen LogP) is 2.72. The number of esters is 1. The van der Waals surface area contributed by atoms with Crippen LogP contribution in [-0.4, -0.2) is 43.2 Å². The second kappa shape index (κ2) is 6.75. The van der Waals surface area contributed by atoms with Gasteiger partial charge in [0.15, 0.2) is 0 Å². The van der Waals surface area contributed by atoms with E-state index in [1.807, 2.05) is 18.2 Å². The summed E-state index contributed by atoms with van der Waals surface area (Å²) in [6.07, 6.45) is 2.16. The highest BCUT2D eigenvalue weighted by atomic mass is 16.5. The summed E-state index contributed by atoms with van der Waals surface area (Å²) >= 11 is 0. The third-order valence-electron chi connectivity index (χ3n) is 3.79. The van der Waals surface area contributed by atoms with Gasteiger partial charge in [-0.05, 0) is 38.8 Å². The first kappa shape index (κ1) is 14.9. The van der Waals surface area contributed by atoms with Gasteiger partial charge in [-0.15, -0.1) is 0 Å². The topological polar surface area (TPSA) is 38.8 Å². The van der Waals surface area contributed by atoms with Gasteiger partial charge in [-0.2, -0.15) is 0 Å². The van der Waals surface area contributed by atoms with E-state index < -0.39 is 0 Å². The van der Waals surface area contributed by atoms with E-state index in [1.165, 1.54) is 7.11 Å². The zero-order valence-electron chi connectivity index (χ0n) is 12.5. The van der Waals surface area contributed by atoms with Gasteiger partial charge >= 0.3 is 5.97 Å². The molecular formula is C16H23NO3. The van der Waals surface area contributed by atoms with Gasteiger partial charge in [0.1, 0.15) is 17.4 Å². The van der Waals surface area contributed by atoms with Crippen LogP contribution in [0.5, 0.6) is 5.75 Å². The zero-order valence-corrected chi connectivity index (χ0v) is 12.5. The molecule has 1 aromatic carbocycles. The first-order valence-electron chi connectivity index (χ1n) is 7.20. The molecule has 1 heterocycles. The van der Waals surface area contributed by atoms with Crippen molar-refractivity contribution < 1.29 is 14.3 Å². The van der Waals surface area contributed by atoms with Gasteiger partial charge in [0.2, 0.25) is 0 Å². The largest absolute Gasteiger partial charge is 0.489 e. The number of carbonyl (C=O) groups is 1. The summed E-state index contributed by atoms with van der Waals surface area (Å²) < 4.78 is 10.8. The Balaban J connectivity index is 1.99. The van der Waals surface area contributed by atoms with Gasteiger partial charge in [-0.1, -0.05) is 12.1 Å². The van der Waals surface area contributed by atoms with Crippen molar-refractivity contribution in [2.45, 2.75) is 38.8 Å². The number of hydrogen-bond donors (Lipinski definition) is 0. The lowest BCUT2D eigenvalue weighted by atomic mass is 10.1. The Labute approximate surface area is 120 Å². The maximum absolute atomic E-state index is 11.7. The van der Waals surface area contributed by atoms with E-state index in [2.05, 4.69) is 18.7 Å². The number of benzene rings is 1. The fourth-order valence-corrected chi connectivity index (χ4v) is 2.54. The molecule has 1 aliphatic rings. The molecule has 20 heavy (non-hydrogen) atoms. The molecule has 0 aromatic heterocycles. The van der Waals surface area contributed by atoms with Crippen LogP contribution in [0.3, 0.4) is 0 Å². The second-order valence-corrected chi connectivity index (χ2v) is 5.43. The Kier molecular flexibility index (Phi) is 5.01. The minimum atomic E-state index is -0.347. The SMILES string of the molecule is COC(=O)c1ccccc1OC1CCN(C(C)C)CC1. The van der Waals surface area contributed by atoms with Crippen molar-refractivity contribution in [3.63, 3.8) is 0 Å². The molecular weight excluding hydrogens is 254 g/mol. The van der Waals surface area contributed by atoms with Crippen LogP contribution in [0, 0.1) is 0 Å². The Morgan fingerprint density at radius 3 is 2.50 bits per heavy atom. The van der Waals surface area contributed by atoms with Crippen LogP contribution in [-0.2, 0) is 4.74 Å². The van der Waals surface area contributed by atoms with Crippen LogP contribution < -0.4 is 4.74 Å². The fourth-order valence-electron chi connectivity index (χ4n) is 2.54. The molecule has 1 fully saturated rings. The zero-order chi connectivity index (χ0) is 14.5. The maximum atomic E-state index is 11.7. The van der Waals surface area contributed by atoms with E-state index in [1.54, 1.807) is 6.07 Å². The van der Waals surface area contributed by atoms with Gasteiger partial charge < -0.3 is 14.4 Å². The van der Waals surface area contributed by atoms with Gasteiger partial charge in [-0.3, -0.25) is 0 Å². The molecule has 4 heteroatoms. The van der Waals surface area contributed by atoms with E-state index >= 15 is 0 Å². The summed E-state index contributed by atoms with van der Waals surface area (Å²) in [5, 5.41) is 0. The summed E-state index contributed by atoms with van der Waals surface area (Å²) in [5.74, 6) is 0.280. The molecule has 2 rings (SSSR count). The predicted molar refractivity (Wildman–Crippen MR) is 78.1 cm³/mol. The first-order valence-corrected chi connectivity index (χ1v) is 7.20. The van der Waals surface area contributed by atoms with Crippen molar-refractivity contribution in [3.05, 3.63) is 29.8 Å². The van der Waals surface area contributed by atoms with Crippen LogP contribution in [0.1, 0.15) is 37.0 Å². The van der Waals surface area contributed by atoms with Gasteiger partial charge in [0.05, 0.1) is 7.11 Å². The number of carbonyl (C=O) groups excluding carboxylic acids is 1. The Morgan fingerprint density at radius 2 is 1.90 bits per heavy atom. The first-order chi connectivity index (χ1) is 9.61. The van der Waals surface area contributed by atoms with Gasteiger partial charge in [-0.25, -0.2) is 4.79 Å². The van der Waals surface area contributed by atoms with Crippen molar-refractivity contribution in [2.75, 3.05) is 20.2 Å². The molecule has 0 aliphatic carbocycles. The van der Waals surface area contributed by atoms with Crippen molar-refractivity contribution >= 4 is 5.97 Å². The fraction of sp³-hybridized carbons (Fsp3) is 0.562. The third-order valence-corrected chi connectivity index (χ3v) is 3.79. The number of nitrogens with zero attached hydrogens (tertiary/aromatic N) is 1. The molecule has 1 saturated heterocycles. The molecule has 0 amide bonds. The molecule has 0 unspecified atom stereocenters. The monoisotopic (exact) mass is 277 g/mol. The van der Waals surface area contributed by atoms with Crippen LogP contribution >= 0.6 is 0 Å². The lowest BCUT2D eigenvalue weighted by Gasteiger charge is -2.34. The van der Waals surface area contributed by atoms with E-state index in [-0.39, 0.29) is 12.1 Å². The van der Waals surface area contributed by atoms with Crippen LogP contribution in [0.4, 0.5) is 0 Å². The standard InChI is InChI=1S/C16H23NO3/c1-12(2)17-10-8-13(9-11-17)20-15-7-5-4-6-14(15)16(18)19-3/h4-7,12-13H,8-11H2,1-3H3. The molecule has 0 radical (unpaired) electrons. The minimum absolute atomic E-state index is 0.177. The highest BCUT2D eigenvalue weighted by Crippen LogP contribution is 2.24. The lowest BCUT2D eigenvalue weighted by Crippen LogP contribution is -2.41. The van der Waals surface area contributed by atoms with E-state index in [0.29, 0.717) is 17.4 Å². The molecule has 0 spiro atoms. The number of hydrogen-bond acceptors (Lipinski definition) is 4. The molecule has 0 atom stereocenters. The Bertz CT molecular complexity index is 451. The maximum Gasteiger partial charge on any atom is 0.341 e. The molecule has 0 saturated carbocycles. The Morgan fingerprint density at radius 1 is 1.25 bits per heavy atom. The highest BCUT2D eigenvalue weighted by molar-refractivity contribution is 5.92. The van der Waals surface area contributed by atoms with Crippen LogP contribution in [0.2, 0.25) is 0 Å². The van der Waals surface area contributed by atoms with Crippen molar-refractivity contribution in [2.24, 2.45) is 0 Å². The van der Waals surface area contributed by atoms with E-state index in [4.69, 9.17) is 9.47 Å². The molecule has 0 bridgehead atoms. The van der Waals surface area contributed by atoms with Crippen molar-refractivity contribution in [1.82, 2.24) is 4.90 Å². The van der Waals surface area contributed by atoms with Crippen molar-refractivity contribution in [1.29, 1.82) is 0 Å².